The van der Waals surface area contributed by atoms with Gasteiger partial charge in [-0.25, -0.2) is 9.59 Å². The van der Waals surface area contributed by atoms with Crippen LogP contribution >= 0.6 is 0 Å². The lowest BCUT2D eigenvalue weighted by Gasteiger charge is -2.13. The first kappa shape index (κ1) is 19.2. The van der Waals surface area contributed by atoms with Crippen molar-refractivity contribution in [1.82, 2.24) is 0 Å². The Morgan fingerprint density at radius 2 is 1.86 bits per heavy atom. The van der Waals surface area contributed by atoms with Gasteiger partial charge in [-0.2, -0.15) is 0 Å². The number of carbonyl (C=O) groups is 1. The van der Waals surface area contributed by atoms with Gasteiger partial charge in [-0.3, -0.25) is 0 Å². The van der Waals surface area contributed by atoms with Crippen LogP contribution in [0.4, 0.5) is 0 Å². The van der Waals surface area contributed by atoms with E-state index >= 15 is 0 Å². The molecule has 1 aromatic heterocycles. The molecule has 1 heterocycles. The van der Waals surface area contributed by atoms with Gasteiger partial charge >= 0.3 is 11.6 Å². The Hall–Kier alpha value is -3.54. The van der Waals surface area contributed by atoms with E-state index in [1.165, 1.54) is 12.1 Å². The van der Waals surface area contributed by atoms with E-state index in [9.17, 15) is 14.7 Å². The second-order valence-electron chi connectivity index (χ2n) is 5.97. The molecule has 0 spiro atoms. The largest absolute Gasteiger partial charge is 0.507 e. The molecule has 0 bridgehead atoms. The van der Waals surface area contributed by atoms with E-state index in [0.29, 0.717) is 6.42 Å². The number of carbonyl (C=O) groups excluding carboxylic acids is 1. The summed E-state index contributed by atoms with van der Waals surface area (Å²) in [5.74, 6) is -1.27. The summed E-state index contributed by atoms with van der Waals surface area (Å²) in [5.41, 5.74) is -0.443. The molecule has 0 aliphatic carbocycles. The number of hydrogen-bond donors (Lipinski definition) is 1. The molecule has 1 N–H and O–H groups in total. The second-order valence-corrected chi connectivity index (χ2v) is 5.97. The number of hydrogen-bond acceptors (Lipinski definition) is 6. The molecular weight excluding hydrogens is 360 g/mol. The van der Waals surface area contributed by atoms with Crippen molar-refractivity contribution in [3.63, 3.8) is 0 Å². The molecule has 0 amide bonds. The van der Waals surface area contributed by atoms with Crippen LogP contribution in [-0.2, 0) is 0 Å². The molecule has 0 radical (unpaired) electrons. The third kappa shape index (κ3) is 4.23. The molecular formula is C22H20O6. The third-order valence-electron chi connectivity index (χ3n) is 3.96. The van der Waals surface area contributed by atoms with Crippen molar-refractivity contribution in [2.45, 2.75) is 19.8 Å². The first-order valence-corrected chi connectivity index (χ1v) is 8.95. The Bertz CT molecular complexity index is 1050. The van der Waals surface area contributed by atoms with Gasteiger partial charge in [0.2, 0.25) is 0 Å². The van der Waals surface area contributed by atoms with E-state index in [4.69, 9.17) is 13.9 Å². The molecule has 6 heteroatoms. The van der Waals surface area contributed by atoms with Gasteiger partial charge in [0.15, 0.2) is 5.75 Å². The number of rotatable bonds is 7. The average Bonchev–Trinajstić information content (AvgIpc) is 2.70. The fourth-order valence-electron chi connectivity index (χ4n) is 2.65. The predicted octanol–water partition coefficient (Wildman–Crippen LogP) is 4.45. The van der Waals surface area contributed by atoms with E-state index in [1.54, 1.807) is 36.4 Å². The maximum atomic E-state index is 12.4. The summed E-state index contributed by atoms with van der Waals surface area (Å²) < 4.78 is 16.3. The highest BCUT2D eigenvalue weighted by atomic mass is 16.6. The Labute approximate surface area is 161 Å². The van der Waals surface area contributed by atoms with Crippen molar-refractivity contribution in [3.05, 3.63) is 76.7 Å². The summed E-state index contributed by atoms with van der Waals surface area (Å²) in [4.78, 5) is 24.9. The lowest BCUT2D eigenvalue weighted by atomic mass is 10.2. The fraction of sp³-hybridized carbons (Fsp3) is 0.182. The SMILES string of the molecule is CC/C=C/CCOc1c(OC(=O)c2ccccc2)c(=O)oc2cccc(O)c12. The van der Waals surface area contributed by atoms with E-state index in [-0.39, 0.29) is 40.4 Å². The predicted molar refractivity (Wildman–Crippen MR) is 105 cm³/mol. The van der Waals surface area contributed by atoms with Gasteiger partial charge in [0, 0.05) is 0 Å². The normalized spacial score (nSPS) is 11.0. The summed E-state index contributed by atoms with van der Waals surface area (Å²) in [7, 11) is 0. The van der Waals surface area contributed by atoms with Gasteiger partial charge in [0.1, 0.15) is 16.7 Å². The summed E-state index contributed by atoms with van der Waals surface area (Å²) in [6.45, 7) is 2.26. The Balaban J connectivity index is 2.02. The maximum absolute atomic E-state index is 12.4. The van der Waals surface area contributed by atoms with Crippen LogP contribution in [-0.4, -0.2) is 17.7 Å². The molecule has 6 nitrogen and oxygen atoms in total. The molecule has 0 aliphatic rings. The molecule has 0 saturated carbocycles. The van der Waals surface area contributed by atoms with Gasteiger partial charge in [-0.05, 0) is 37.1 Å². The van der Waals surface area contributed by atoms with Crippen LogP contribution < -0.4 is 15.1 Å². The highest BCUT2D eigenvalue weighted by molar-refractivity contribution is 5.95. The van der Waals surface area contributed by atoms with E-state index in [0.717, 1.165) is 6.42 Å². The van der Waals surface area contributed by atoms with Crippen molar-refractivity contribution < 1.29 is 23.8 Å². The number of fused-ring (bicyclic) bond motifs is 1. The summed E-state index contributed by atoms with van der Waals surface area (Å²) in [6, 6.07) is 12.8. The second kappa shape index (κ2) is 8.90. The van der Waals surface area contributed by atoms with Crippen LogP contribution in [0, 0.1) is 0 Å². The molecule has 0 saturated heterocycles. The van der Waals surface area contributed by atoms with Crippen LogP contribution in [0.25, 0.3) is 11.0 Å². The molecule has 0 fully saturated rings. The van der Waals surface area contributed by atoms with Gasteiger partial charge in [-0.15, -0.1) is 0 Å². The lowest BCUT2D eigenvalue weighted by Crippen LogP contribution is -2.16. The van der Waals surface area contributed by atoms with Gasteiger partial charge < -0.3 is 19.0 Å². The fourth-order valence-corrected chi connectivity index (χ4v) is 2.65. The monoisotopic (exact) mass is 380 g/mol. The number of phenols is 1. The summed E-state index contributed by atoms with van der Waals surface area (Å²) in [6.07, 6.45) is 5.44. The molecule has 3 rings (SSSR count). The number of aromatic hydroxyl groups is 1. The van der Waals surface area contributed by atoms with Crippen molar-refractivity contribution in [2.75, 3.05) is 6.61 Å². The van der Waals surface area contributed by atoms with Crippen LogP contribution in [0.15, 0.2) is 69.9 Å². The molecule has 28 heavy (non-hydrogen) atoms. The first-order chi connectivity index (χ1) is 13.6. The van der Waals surface area contributed by atoms with E-state index < -0.39 is 11.6 Å². The molecule has 3 aromatic rings. The van der Waals surface area contributed by atoms with Crippen LogP contribution in [0.3, 0.4) is 0 Å². The number of benzene rings is 2. The van der Waals surface area contributed by atoms with Crippen molar-refractivity contribution >= 4 is 16.9 Å². The maximum Gasteiger partial charge on any atom is 0.383 e. The van der Waals surface area contributed by atoms with Crippen molar-refractivity contribution in [2.24, 2.45) is 0 Å². The zero-order valence-corrected chi connectivity index (χ0v) is 15.4. The highest BCUT2D eigenvalue weighted by Crippen LogP contribution is 2.38. The standard InChI is InChI=1S/C22H20O6/c1-2-3-4-8-14-26-19-18-16(23)12-9-13-17(18)27-22(25)20(19)28-21(24)15-10-6-5-7-11-15/h3-7,9-13,23H,2,8,14H2,1H3/b4-3+. The molecule has 0 unspecified atom stereocenters. The van der Waals surface area contributed by atoms with Gasteiger partial charge in [-0.1, -0.05) is 43.3 Å². The first-order valence-electron chi connectivity index (χ1n) is 8.95. The minimum Gasteiger partial charge on any atom is -0.507 e. The lowest BCUT2D eigenvalue weighted by molar-refractivity contribution is 0.0721. The Morgan fingerprint density at radius 3 is 2.61 bits per heavy atom. The molecule has 144 valence electrons. The molecule has 0 aliphatic heterocycles. The van der Waals surface area contributed by atoms with Crippen molar-refractivity contribution in [3.8, 4) is 17.2 Å². The van der Waals surface area contributed by atoms with Crippen LogP contribution in [0.5, 0.6) is 17.2 Å². The molecule has 0 atom stereocenters. The topological polar surface area (TPSA) is 86.0 Å². The summed E-state index contributed by atoms with van der Waals surface area (Å²) >= 11 is 0. The zero-order chi connectivity index (χ0) is 19.9. The number of ether oxygens (including phenoxy) is 2. The number of phenolic OH excluding ortho intramolecular Hbond substituents is 1. The Kier molecular flexibility index (Phi) is 6.11. The van der Waals surface area contributed by atoms with E-state index in [2.05, 4.69) is 0 Å². The van der Waals surface area contributed by atoms with Gasteiger partial charge in [0.25, 0.3) is 5.75 Å². The smallest absolute Gasteiger partial charge is 0.383 e. The average molecular weight is 380 g/mol. The summed E-state index contributed by atoms with van der Waals surface area (Å²) in [5, 5.41) is 10.4. The van der Waals surface area contributed by atoms with Gasteiger partial charge in [0.05, 0.1) is 12.2 Å². The van der Waals surface area contributed by atoms with Crippen LogP contribution in [0.1, 0.15) is 30.1 Å². The zero-order valence-electron chi connectivity index (χ0n) is 15.4. The highest BCUT2D eigenvalue weighted by Gasteiger charge is 2.23. The Morgan fingerprint density at radius 1 is 1.07 bits per heavy atom. The molecule has 2 aromatic carbocycles. The third-order valence-corrected chi connectivity index (χ3v) is 3.96. The van der Waals surface area contributed by atoms with Crippen LogP contribution in [0.2, 0.25) is 0 Å². The van der Waals surface area contributed by atoms with Crippen molar-refractivity contribution in [1.29, 1.82) is 0 Å². The minimum absolute atomic E-state index is 0.0153. The minimum atomic E-state index is -0.860. The number of allylic oxidation sites excluding steroid dienone is 1. The van der Waals surface area contributed by atoms with E-state index in [1.807, 2.05) is 19.1 Å². The quantitative estimate of drug-likeness (QED) is 0.282. The number of esters is 1.